The largest absolute Gasteiger partial charge is 0.875 e. The molecule has 0 fully saturated rings. The van der Waals surface area contributed by atoms with Gasteiger partial charge in [0.25, 0.3) is 0 Å². The summed E-state index contributed by atoms with van der Waals surface area (Å²) in [7, 11) is 0. The van der Waals surface area contributed by atoms with Crippen LogP contribution in [0.15, 0.2) is 36.1 Å². The lowest BCUT2D eigenvalue weighted by Gasteiger charge is -2.35. The van der Waals surface area contributed by atoms with E-state index in [0.29, 0.717) is 19.4 Å². The lowest BCUT2D eigenvalue weighted by atomic mass is 9.77. The Morgan fingerprint density at radius 2 is 2.04 bits per heavy atom. The fraction of sp³-hybridized carbons (Fsp3) is 0.500. The zero-order valence-electron chi connectivity index (χ0n) is 13.8. The van der Waals surface area contributed by atoms with Crippen molar-refractivity contribution >= 4 is 18.0 Å². The van der Waals surface area contributed by atoms with Crippen molar-refractivity contribution < 1.29 is 29.1 Å². The molecule has 0 spiro atoms. The molecule has 0 aliphatic heterocycles. The Hall–Kier alpha value is -2.21. The van der Waals surface area contributed by atoms with Crippen molar-refractivity contribution in [2.45, 2.75) is 25.8 Å². The summed E-state index contributed by atoms with van der Waals surface area (Å²) in [5.74, 6) is -1.24. The third-order valence-corrected chi connectivity index (χ3v) is 4.44. The van der Waals surface area contributed by atoms with Crippen LogP contribution < -0.4 is 10.0 Å². The number of quaternary nitrogens is 1. The van der Waals surface area contributed by atoms with Gasteiger partial charge in [0, 0.05) is 18.3 Å². The molecule has 2 aliphatic rings. The number of likely N-dealkylation sites (N-methyl/N-ethyl adjacent to an activating group) is 1. The molecule has 2 atom stereocenters. The molecule has 0 heterocycles. The molecular formula is C18H23NO5. The van der Waals surface area contributed by atoms with Gasteiger partial charge in [-0.05, 0) is 25.2 Å². The van der Waals surface area contributed by atoms with E-state index in [0.717, 1.165) is 12.6 Å². The molecule has 0 saturated heterocycles. The molecule has 0 aromatic carbocycles. The molecule has 1 N–H and O–H groups in total. The van der Waals surface area contributed by atoms with Crippen molar-refractivity contribution in [3.05, 3.63) is 36.1 Å². The second-order valence-electron chi connectivity index (χ2n) is 5.99. The van der Waals surface area contributed by atoms with Crippen LogP contribution in [0.4, 0.5) is 0 Å². The van der Waals surface area contributed by atoms with Crippen LogP contribution in [0.1, 0.15) is 19.8 Å². The molecule has 0 saturated carbocycles. The molecule has 2 unspecified atom stereocenters. The normalized spacial score (nSPS) is 26.5. The fourth-order valence-electron chi connectivity index (χ4n) is 2.99. The summed E-state index contributed by atoms with van der Waals surface area (Å²) < 4.78 is 5.12. The third kappa shape index (κ3) is 4.41. The van der Waals surface area contributed by atoms with Gasteiger partial charge in [0.2, 0.25) is 0 Å². The first-order chi connectivity index (χ1) is 11.6. The highest BCUT2D eigenvalue weighted by Crippen LogP contribution is 2.30. The van der Waals surface area contributed by atoms with E-state index >= 15 is 0 Å². The molecule has 6 heteroatoms. The van der Waals surface area contributed by atoms with Gasteiger partial charge in [-0.2, -0.15) is 0 Å². The first-order valence-electron chi connectivity index (χ1n) is 8.29. The van der Waals surface area contributed by atoms with Crippen LogP contribution in [0.5, 0.6) is 0 Å². The Morgan fingerprint density at radius 3 is 2.58 bits per heavy atom. The maximum atomic E-state index is 11.5. The molecule has 6 nitrogen and oxygen atoms in total. The van der Waals surface area contributed by atoms with Gasteiger partial charge in [-0.3, -0.25) is 9.59 Å². The number of nitrogens with one attached hydrogen (secondary N) is 1. The van der Waals surface area contributed by atoms with Gasteiger partial charge in [0.05, 0.1) is 13.0 Å². The predicted octanol–water partition coefficient (Wildman–Crippen LogP) is -1.03. The second-order valence-corrected chi connectivity index (χ2v) is 5.99. The Kier molecular flexibility index (Phi) is 6.49. The molecule has 130 valence electrons. The quantitative estimate of drug-likeness (QED) is 0.331. The van der Waals surface area contributed by atoms with Crippen molar-refractivity contribution in [2.75, 3.05) is 19.7 Å². The van der Waals surface area contributed by atoms with Crippen molar-refractivity contribution in [1.82, 2.24) is 0 Å². The van der Waals surface area contributed by atoms with E-state index in [4.69, 9.17) is 4.74 Å². The van der Waals surface area contributed by atoms with Crippen LogP contribution in [-0.2, 0) is 19.1 Å². The summed E-state index contributed by atoms with van der Waals surface area (Å²) in [4.78, 5) is 34.3. The lowest BCUT2D eigenvalue weighted by molar-refractivity contribution is -0.910. The van der Waals surface area contributed by atoms with Crippen LogP contribution in [0.2, 0.25) is 0 Å². The van der Waals surface area contributed by atoms with Crippen molar-refractivity contribution in [3.63, 3.8) is 0 Å². The molecule has 0 amide bonds. The zero-order valence-corrected chi connectivity index (χ0v) is 13.8. The lowest BCUT2D eigenvalue weighted by Crippen LogP contribution is -3.15. The number of aldehydes is 1. The van der Waals surface area contributed by atoms with Crippen molar-refractivity contribution in [1.29, 1.82) is 0 Å². The fourth-order valence-corrected chi connectivity index (χ4v) is 2.99. The van der Waals surface area contributed by atoms with Crippen LogP contribution in [-0.4, -0.2) is 43.8 Å². The van der Waals surface area contributed by atoms with Crippen LogP contribution in [0.3, 0.4) is 0 Å². The van der Waals surface area contributed by atoms with E-state index in [1.165, 1.54) is 4.90 Å². The first-order valence-corrected chi connectivity index (χ1v) is 8.29. The van der Waals surface area contributed by atoms with Gasteiger partial charge in [-0.15, -0.1) is 5.76 Å². The number of carbonyl (C=O) groups is 3. The highest BCUT2D eigenvalue weighted by Gasteiger charge is 2.31. The summed E-state index contributed by atoms with van der Waals surface area (Å²) >= 11 is 0. The van der Waals surface area contributed by atoms with Gasteiger partial charge >= 0.3 is 5.97 Å². The molecule has 24 heavy (non-hydrogen) atoms. The topological polar surface area (TPSA) is 87.9 Å². The SMILES string of the molecule is CC[NH+](CCOC(=O)CCC=O)C1C=CC(C2C(=O)C=C2[O-])C=C1. The highest BCUT2D eigenvalue weighted by atomic mass is 16.5. The Balaban J connectivity index is 1.79. The van der Waals surface area contributed by atoms with Crippen LogP contribution in [0, 0.1) is 11.8 Å². The van der Waals surface area contributed by atoms with E-state index in [9.17, 15) is 19.5 Å². The Morgan fingerprint density at radius 1 is 1.33 bits per heavy atom. The minimum absolute atomic E-state index is 0.0975. The second kappa shape index (κ2) is 8.59. The molecule has 0 bridgehead atoms. The number of rotatable bonds is 9. The van der Waals surface area contributed by atoms with Gasteiger partial charge in [-0.1, -0.05) is 12.2 Å². The molecule has 2 aliphatic carbocycles. The van der Waals surface area contributed by atoms with Gasteiger partial charge in [-0.25, -0.2) is 0 Å². The molecule has 2 rings (SSSR count). The number of hydrogen-bond acceptors (Lipinski definition) is 5. The highest BCUT2D eigenvalue weighted by molar-refractivity contribution is 6.00. The molecular weight excluding hydrogens is 310 g/mol. The maximum Gasteiger partial charge on any atom is 0.306 e. The molecule has 0 radical (unpaired) electrons. The number of ketones is 1. The van der Waals surface area contributed by atoms with E-state index in [1.807, 2.05) is 31.2 Å². The number of esters is 1. The van der Waals surface area contributed by atoms with Crippen molar-refractivity contribution in [3.8, 4) is 0 Å². The van der Waals surface area contributed by atoms with Crippen LogP contribution >= 0.6 is 0 Å². The number of allylic oxidation sites excluding steroid dienone is 4. The standard InChI is InChI=1S/C18H23NO5/c1-2-19(9-11-24-17(23)4-3-10-20)14-7-5-13(6-8-14)18-15(21)12-16(18)22/h5-8,10,12-14,18,21H,2-4,9,11H2,1H3. The zero-order chi connectivity index (χ0) is 17.5. The van der Waals surface area contributed by atoms with Crippen molar-refractivity contribution in [2.24, 2.45) is 11.8 Å². The third-order valence-electron chi connectivity index (χ3n) is 4.44. The average molecular weight is 333 g/mol. The van der Waals surface area contributed by atoms with E-state index in [-0.39, 0.29) is 42.3 Å². The Labute approximate surface area is 141 Å². The summed E-state index contributed by atoms with van der Waals surface area (Å²) in [6, 6.07) is 0.134. The summed E-state index contributed by atoms with van der Waals surface area (Å²) in [5, 5.41) is 11.5. The summed E-state index contributed by atoms with van der Waals surface area (Å²) in [5.41, 5.74) is 0. The first kappa shape index (κ1) is 18.1. The summed E-state index contributed by atoms with van der Waals surface area (Å²) in [6.07, 6.45) is 10.0. The van der Waals surface area contributed by atoms with Gasteiger partial charge in [0.15, 0.2) is 5.78 Å². The number of ether oxygens (including phenoxy) is 1. The monoisotopic (exact) mass is 333 g/mol. The number of carbonyl (C=O) groups excluding carboxylic acids is 3. The van der Waals surface area contributed by atoms with E-state index < -0.39 is 5.92 Å². The molecule has 0 aromatic heterocycles. The minimum atomic E-state index is -0.540. The van der Waals surface area contributed by atoms with Gasteiger partial charge in [0.1, 0.15) is 25.5 Å². The number of hydrogen-bond donors (Lipinski definition) is 1. The minimum Gasteiger partial charge on any atom is -0.875 e. The Bertz CT molecular complexity index is 564. The van der Waals surface area contributed by atoms with E-state index in [1.54, 1.807) is 0 Å². The molecule has 0 aromatic rings. The average Bonchev–Trinajstić information content (AvgIpc) is 2.57. The predicted molar refractivity (Wildman–Crippen MR) is 84.8 cm³/mol. The summed E-state index contributed by atoms with van der Waals surface area (Å²) in [6.45, 7) is 3.86. The maximum absolute atomic E-state index is 11.5. The van der Waals surface area contributed by atoms with E-state index in [2.05, 4.69) is 0 Å². The smallest absolute Gasteiger partial charge is 0.306 e. The van der Waals surface area contributed by atoms with Gasteiger partial charge < -0.3 is 19.5 Å². The van der Waals surface area contributed by atoms with Crippen LogP contribution in [0.25, 0.3) is 0 Å².